The van der Waals surface area contributed by atoms with Crippen molar-refractivity contribution in [2.75, 3.05) is 7.11 Å². The second kappa shape index (κ2) is 7.62. The lowest BCUT2D eigenvalue weighted by atomic mass is 10.1. The molecule has 0 aliphatic heterocycles. The zero-order valence-corrected chi connectivity index (χ0v) is 14.4. The van der Waals surface area contributed by atoms with Crippen molar-refractivity contribution >= 4 is 16.9 Å². The van der Waals surface area contributed by atoms with Gasteiger partial charge < -0.3 is 9.47 Å². The van der Waals surface area contributed by atoms with Crippen molar-refractivity contribution in [2.45, 2.75) is 32.3 Å². The number of thiazole rings is 1. The molecule has 25 heavy (non-hydrogen) atoms. The molecule has 1 aliphatic rings. The maximum atomic E-state index is 12.4. The topological polar surface area (TPSA) is 55.1 Å². The Morgan fingerprint density at radius 2 is 2.04 bits per heavy atom. The fourth-order valence-electron chi connectivity index (χ4n) is 2.87. The Bertz CT molecular complexity index is 832. The van der Waals surface area contributed by atoms with E-state index in [-0.39, 0.29) is 11.5 Å². The van der Waals surface area contributed by atoms with Gasteiger partial charge in [-0.1, -0.05) is 0 Å². The molecule has 0 saturated heterocycles. The van der Waals surface area contributed by atoms with Crippen molar-refractivity contribution in [3.63, 3.8) is 0 Å². The second-order valence-electron chi connectivity index (χ2n) is 5.58. The van der Waals surface area contributed by atoms with Gasteiger partial charge in [-0.05, 0) is 49.5 Å². The van der Waals surface area contributed by atoms with Gasteiger partial charge in [0, 0.05) is 10.9 Å². The summed E-state index contributed by atoms with van der Waals surface area (Å²) in [5.74, 6) is 0.185. The van der Waals surface area contributed by atoms with Crippen molar-refractivity contribution in [1.82, 2.24) is 4.98 Å². The first-order chi connectivity index (χ1) is 12.1. The quantitative estimate of drug-likeness (QED) is 0.680. The molecule has 0 N–H and O–H groups in total. The first kappa shape index (κ1) is 17.4. The van der Waals surface area contributed by atoms with E-state index in [4.69, 9.17) is 4.74 Å². The molecule has 1 aromatic heterocycles. The van der Waals surface area contributed by atoms with Crippen LogP contribution in [0.2, 0.25) is 0 Å². The van der Waals surface area contributed by atoms with Crippen LogP contribution in [0.4, 0.5) is 8.78 Å². The van der Waals surface area contributed by atoms with E-state index in [1.54, 1.807) is 12.1 Å². The van der Waals surface area contributed by atoms with E-state index in [1.807, 2.05) is 5.38 Å². The number of nitriles is 1. The van der Waals surface area contributed by atoms with Gasteiger partial charge in [0.15, 0.2) is 11.5 Å². The average molecular weight is 362 g/mol. The van der Waals surface area contributed by atoms with Gasteiger partial charge in [0.25, 0.3) is 0 Å². The molecule has 0 radical (unpaired) electrons. The van der Waals surface area contributed by atoms with E-state index in [9.17, 15) is 14.0 Å². The van der Waals surface area contributed by atoms with Crippen molar-refractivity contribution in [3.05, 3.63) is 34.2 Å². The lowest BCUT2D eigenvalue weighted by molar-refractivity contribution is -0.0512. The number of methoxy groups -OCH3 is 1. The van der Waals surface area contributed by atoms with Crippen LogP contribution in [0.5, 0.6) is 11.5 Å². The third-order valence-corrected chi connectivity index (χ3v) is 4.93. The third-order valence-electron chi connectivity index (χ3n) is 4.07. The molecule has 0 spiro atoms. The highest BCUT2D eigenvalue weighted by Gasteiger charge is 2.18. The summed E-state index contributed by atoms with van der Waals surface area (Å²) in [7, 11) is 1.39. The molecule has 130 valence electrons. The van der Waals surface area contributed by atoms with Gasteiger partial charge in [0.1, 0.15) is 11.1 Å². The first-order valence-electron chi connectivity index (χ1n) is 7.83. The lowest BCUT2D eigenvalue weighted by Crippen LogP contribution is -2.03. The number of allylic oxidation sites excluding steroid dienone is 2. The van der Waals surface area contributed by atoms with Crippen LogP contribution < -0.4 is 9.47 Å². The molecule has 4 nitrogen and oxygen atoms in total. The van der Waals surface area contributed by atoms with Gasteiger partial charge in [0.2, 0.25) is 0 Å². The highest BCUT2D eigenvalue weighted by molar-refractivity contribution is 7.11. The lowest BCUT2D eigenvalue weighted by Gasteiger charge is -2.10. The normalized spacial score (nSPS) is 13.8. The molecular weight excluding hydrogens is 346 g/mol. The number of rotatable bonds is 5. The summed E-state index contributed by atoms with van der Waals surface area (Å²) in [5.41, 5.74) is 3.22. The van der Waals surface area contributed by atoms with Crippen LogP contribution >= 0.6 is 11.3 Å². The molecule has 0 amide bonds. The van der Waals surface area contributed by atoms with Crippen LogP contribution in [0.3, 0.4) is 0 Å². The van der Waals surface area contributed by atoms with Gasteiger partial charge in [-0.2, -0.15) is 14.0 Å². The molecule has 3 rings (SSSR count). The Balaban J connectivity index is 1.92. The Hall–Kier alpha value is -2.46. The van der Waals surface area contributed by atoms with Gasteiger partial charge in [0.05, 0.1) is 18.4 Å². The van der Waals surface area contributed by atoms with Gasteiger partial charge in [-0.3, -0.25) is 0 Å². The van der Waals surface area contributed by atoms with Gasteiger partial charge in [-0.15, -0.1) is 11.3 Å². The Morgan fingerprint density at radius 3 is 2.68 bits per heavy atom. The summed E-state index contributed by atoms with van der Waals surface area (Å²) in [4.78, 5) is 4.56. The molecule has 0 unspecified atom stereocenters. The number of aromatic nitrogens is 1. The molecule has 2 aromatic rings. The van der Waals surface area contributed by atoms with E-state index >= 15 is 0 Å². The van der Waals surface area contributed by atoms with E-state index < -0.39 is 6.61 Å². The van der Waals surface area contributed by atoms with E-state index in [0.717, 1.165) is 31.2 Å². The molecule has 1 saturated carbocycles. The maximum absolute atomic E-state index is 12.4. The molecule has 0 bridgehead atoms. The van der Waals surface area contributed by atoms with Crippen molar-refractivity contribution in [3.8, 4) is 28.8 Å². The summed E-state index contributed by atoms with van der Waals surface area (Å²) in [6, 6.07) is 6.96. The Morgan fingerprint density at radius 1 is 1.28 bits per heavy atom. The SMILES string of the molecule is COc1cc(-c2csc(C(C#N)=C3CCCC3)n2)ccc1OC(F)F. The number of alkyl halides is 2. The minimum atomic E-state index is -2.91. The van der Waals surface area contributed by atoms with E-state index in [1.165, 1.54) is 30.1 Å². The maximum Gasteiger partial charge on any atom is 0.387 e. The minimum Gasteiger partial charge on any atom is -0.493 e. The molecule has 1 heterocycles. The van der Waals surface area contributed by atoms with Crippen molar-refractivity contribution in [2.24, 2.45) is 0 Å². The van der Waals surface area contributed by atoms with Crippen LogP contribution in [0.25, 0.3) is 16.8 Å². The van der Waals surface area contributed by atoms with Crippen LogP contribution in [0, 0.1) is 11.3 Å². The van der Waals surface area contributed by atoms with Gasteiger partial charge in [-0.25, -0.2) is 4.98 Å². The standard InChI is InChI=1S/C18H16F2N2O2S/c1-23-16-8-12(6-7-15(16)24-18(19)20)14-10-25-17(22-14)13(9-21)11-4-2-3-5-11/h6-8,10,18H,2-5H2,1H3. The second-order valence-corrected chi connectivity index (χ2v) is 6.44. The van der Waals surface area contributed by atoms with Crippen LogP contribution in [-0.4, -0.2) is 18.7 Å². The predicted molar refractivity (Wildman–Crippen MR) is 91.7 cm³/mol. The van der Waals surface area contributed by atoms with Crippen LogP contribution in [0.1, 0.15) is 30.7 Å². The zero-order valence-electron chi connectivity index (χ0n) is 13.6. The Labute approximate surface area is 148 Å². The largest absolute Gasteiger partial charge is 0.493 e. The molecule has 1 aromatic carbocycles. The molecule has 1 aliphatic carbocycles. The molecule has 7 heteroatoms. The highest BCUT2D eigenvalue weighted by Crippen LogP contribution is 2.36. The van der Waals surface area contributed by atoms with E-state index in [0.29, 0.717) is 16.3 Å². The summed E-state index contributed by atoms with van der Waals surface area (Å²) >= 11 is 1.41. The number of hydrogen-bond donors (Lipinski definition) is 0. The number of halogens is 2. The third kappa shape index (κ3) is 3.80. The fraction of sp³-hybridized carbons (Fsp3) is 0.333. The predicted octanol–water partition coefficient (Wildman–Crippen LogP) is 5.27. The summed E-state index contributed by atoms with van der Waals surface area (Å²) in [6.45, 7) is -2.91. The highest BCUT2D eigenvalue weighted by atomic mass is 32.1. The summed E-state index contributed by atoms with van der Waals surface area (Å²) < 4.78 is 34.4. The van der Waals surface area contributed by atoms with Gasteiger partial charge >= 0.3 is 6.61 Å². The smallest absolute Gasteiger partial charge is 0.387 e. The fourth-order valence-corrected chi connectivity index (χ4v) is 3.74. The van der Waals surface area contributed by atoms with Crippen LogP contribution in [-0.2, 0) is 0 Å². The molecule has 0 atom stereocenters. The summed E-state index contributed by atoms with van der Waals surface area (Å²) in [5, 5.41) is 12.0. The van der Waals surface area contributed by atoms with Crippen molar-refractivity contribution in [1.29, 1.82) is 5.26 Å². The van der Waals surface area contributed by atoms with E-state index in [2.05, 4.69) is 15.8 Å². The van der Waals surface area contributed by atoms with Crippen molar-refractivity contribution < 1.29 is 18.3 Å². The molecule has 1 fully saturated rings. The number of hydrogen-bond acceptors (Lipinski definition) is 5. The Kier molecular flexibility index (Phi) is 5.29. The monoisotopic (exact) mass is 362 g/mol. The number of benzene rings is 1. The van der Waals surface area contributed by atoms with Crippen LogP contribution in [0.15, 0.2) is 29.2 Å². The number of ether oxygens (including phenoxy) is 2. The average Bonchev–Trinajstić information content (AvgIpc) is 3.28. The number of nitrogens with zero attached hydrogens (tertiary/aromatic N) is 2. The first-order valence-corrected chi connectivity index (χ1v) is 8.71. The minimum absolute atomic E-state index is 0.0255. The summed E-state index contributed by atoms with van der Waals surface area (Å²) in [6.07, 6.45) is 4.12. The zero-order chi connectivity index (χ0) is 17.8. The molecular formula is C18H16F2N2O2S.